The number of hydrogen-bond donors (Lipinski definition) is 3. The van der Waals surface area contributed by atoms with Gasteiger partial charge in [-0.1, -0.05) is 11.2 Å². The van der Waals surface area contributed by atoms with Gasteiger partial charge < -0.3 is 19.0 Å². The number of ether oxygens (including phenoxy) is 1. The molecule has 0 saturated carbocycles. The maximum Gasteiger partial charge on any atom is 0.472 e. The first-order valence-corrected chi connectivity index (χ1v) is 11.2. The Kier molecular flexibility index (Phi) is 6.87. The highest BCUT2D eigenvalue weighted by Crippen LogP contribution is 2.35. The molecule has 0 unspecified atom stereocenters. The molecular weight excluding hydrogens is 453 g/mol. The minimum absolute atomic E-state index is 0.213. The molecule has 4 aromatic heterocycles. The van der Waals surface area contributed by atoms with Crippen LogP contribution in [0.25, 0.3) is 11.3 Å². The molecule has 4 aromatic rings. The summed E-state index contributed by atoms with van der Waals surface area (Å²) < 4.78 is 29.3. The Labute approximate surface area is 187 Å². The van der Waals surface area contributed by atoms with Crippen molar-refractivity contribution in [3.8, 4) is 11.3 Å². The number of nitrogen functional groups attached to an aromatic ring is 1. The average Bonchev–Trinajstić information content (AvgIpc) is 3.46. The Balaban J connectivity index is 1.37. The molecule has 0 amide bonds. The zero-order chi connectivity index (χ0) is 23.3. The van der Waals surface area contributed by atoms with Crippen LogP contribution in [0.4, 0.5) is 5.82 Å². The standard InChI is InChI=1S/C19H20N7O6P/c20-19-17(2-1-5-25(19)12-31-33(27,28)29)18-7-16(24-32-18)6-14-3-4-15(22-8-14)9-30-13-26-11-21-10-23-26/h1-5,7-8,10-11,20H,6,9,12-13H2,(H2,27,28,29)/p+1. The fraction of sp³-hybridized carbons (Fsp3) is 0.211. The van der Waals surface area contributed by atoms with E-state index in [1.165, 1.54) is 17.1 Å². The summed E-state index contributed by atoms with van der Waals surface area (Å²) in [5.41, 5.74) is 9.00. The molecule has 0 aromatic carbocycles. The number of phosphoric acid groups is 1. The lowest BCUT2D eigenvalue weighted by Crippen LogP contribution is -2.38. The second kappa shape index (κ2) is 9.98. The van der Waals surface area contributed by atoms with Gasteiger partial charge in [0, 0.05) is 18.7 Å². The highest BCUT2D eigenvalue weighted by atomic mass is 31.2. The summed E-state index contributed by atoms with van der Waals surface area (Å²) in [7, 11) is -4.63. The largest absolute Gasteiger partial charge is 0.472 e. The van der Waals surface area contributed by atoms with Crippen molar-refractivity contribution in [2.75, 3.05) is 5.73 Å². The second-order valence-electron chi connectivity index (χ2n) is 6.96. The Morgan fingerprint density at radius 2 is 2.12 bits per heavy atom. The van der Waals surface area contributed by atoms with Gasteiger partial charge >= 0.3 is 7.82 Å². The van der Waals surface area contributed by atoms with Gasteiger partial charge in [0.2, 0.25) is 6.73 Å². The summed E-state index contributed by atoms with van der Waals surface area (Å²) in [5.74, 6) is 0.629. The summed E-state index contributed by atoms with van der Waals surface area (Å²) in [4.78, 5) is 26.0. The van der Waals surface area contributed by atoms with Crippen LogP contribution in [0, 0.1) is 0 Å². The molecule has 0 aliphatic heterocycles. The van der Waals surface area contributed by atoms with E-state index < -0.39 is 14.6 Å². The van der Waals surface area contributed by atoms with E-state index in [0.717, 1.165) is 11.3 Å². The van der Waals surface area contributed by atoms with Crippen molar-refractivity contribution in [2.45, 2.75) is 26.5 Å². The van der Waals surface area contributed by atoms with Crippen LogP contribution in [0.5, 0.6) is 0 Å². The van der Waals surface area contributed by atoms with E-state index in [9.17, 15) is 4.57 Å². The number of hydrogen-bond acceptors (Lipinski definition) is 9. The minimum Gasteiger partial charge on any atom is -0.356 e. The Morgan fingerprint density at radius 1 is 1.24 bits per heavy atom. The molecule has 0 bridgehead atoms. The van der Waals surface area contributed by atoms with Crippen LogP contribution in [-0.4, -0.2) is 34.7 Å². The molecule has 172 valence electrons. The normalized spacial score (nSPS) is 11.7. The maximum absolute atomic E-state index is 10.9. The SMILES string of the molecule is Nc1c(-c2cc(Cc3ccc(COCn4cncn4)nc3)no2)ccc[n+]1COP(=O)(O)O. The van der Waals surface area contributed by atoms with Crippen molar-refractivity contribution in [3.05, 3.63) is 72.3 Å². The van der Waals surface area contributed by atoms with Gasteiger partial charge in [-0.25, -0.2) is 23.3 Å². The molecule has 0 spiro atoms. The molecule has 0 saturated heterocycles. The van der Waals surface area contributed by atoms with Crippen LogP contribution >= 0.6 is 7.82 Å². The van der Waals surface area contributed by atoms with Crippen LogP contribution in [0.3, 0.4) is 0 Å². The van der Waals surface area contributed by atoms with Gasteiger partial charge in [-0.05, 0) is 23.8 Å². The van der Waals surface area contributed by atoms with Gasteiger partial charge in [0.15, 0.2) is 5.76 Å². The number of rotatable bonds is 10. The average molecular weight is 474 g/mol. The molecule has 4 rings (SSSR count). The first-order valence-electron chi connectivity index (χ1n) is 9.65. The number of phosphoric ester groups is 1. The molecule has 14 heteroatoms. The molecule has 13 nitrogen and oxygen atoms in total. The number of nitrogens with zero attached hydrogens (tertiary/aromatic N) is 6. The molecule has 0 radical (unpaired) electrons. The molecule has 4 heterocycles. The van der Waals surface area contributed by atoms with Crippen LogP contribution in [0.15, 0.2) is 59.9 Å². The van der Waals surface area contributed by atoms with E-state index in [4.69, 9.17) is 24.8 Å². The van der Waals surface area contributed by atoms with Gasteiger partial charge in [-0.15, -0.1) is 0 Å². The fourth-order valence-corrected chi connectivity index (χ4v) is 3.22. The lowest BCUT2D eigenvalue weighted by molar-refractivity contribution is -0.711. The van der Waals surface area contributed by atoms with Crippen molar-refractivity contribution >= 4 is 13.6 Å². The fourth-order valence-electron chi connectivity index (χ4n) is 2.94. The van der Waals surface area contributed by atoms with Crippen molar-refractivity contribution in [1.29, 1.82) is 0 Å². The van der Waals surface area contributed by atoms with Crippen LogP contribution in [-0.2, 0) is 40.3 Å². The molecule has 33 heavy (non-hydrogen) atoms. The van der Waals surface area contributed by atoms with E-state index in [0.29, 0.717) is 36.8 Å². The molecular formula is C19H21N7O6P+. The number of nitrogens with two attached hydrogens (primary N) is 1. The minimum atomic E-state index is -4.63. The second-order valence-corrected chi connectivity index (χ2v) is 8.19. The van der Waals surface area contributed by atoms with Gasteiger partial charge in [-0.2, -0.15) is 5.10 Å². The topological polar surface area (TPSA) is 176 Å². The van der Waals surface area contributed by atoms with Crippen molar-refractivity contribution in [3.63, 3.8) is 0 Å². The van der Waals surface area contributed by atoms with E-state index >= 15 is 0 Å². The molecule has 0 atom stereocenters. The van der Waals surface area contributed by atoms with E-state index in [2.05, 4.69) is 24.7 Å². The third kappa shape index (κ3) is 6.28. The van der Waals surface area contributed by atoms with Gasteiger partial charge in [0.05, 0.1) is 24.2 Å². The first kappa shape index (κ1) is 22.7. The van der Waals surface area contributed by atoms with Crippen molar-refractivity contribution in [1.82, 2.24) is 24.9 Å². The molecule has 0 fully saturated rings. The lowest BCUT2D eigenvalue weighted by atomic mass is 10.1. The van der Waals surface area contributed by atoms with Crippen molar-refractivity contribution < 1.29 is 32.7 Å². The molecule has 4 N–H and O–H groups in total. The predicted octanol–water partition coefficient (Wildman–Crippen LogP) is 1.03. The molecule has 0 aliphatic carbocycles. The Morgan fingerprint density at radius 3 is 2.85 bits per heavy atom. The lowest BCUT2D eigenvalue weighted by Gasteiger charge is -2.07. The summed E-state index contributed by atoms with van der Waals surface area (Å²) in [6.07, 6.45) is 6.78. The van der Waals surface area contributed by atoms with Gasteiger partial charge in [-0.3, -0.25) is 10.7 Å². The predicted molar refractivity (Wildman–Crippen MR) is 112 cm³/mol. The van der Waals surface area contributed by atoms with Crippen LogP contribution < -0.4 is 10.3 Å². The van der Waals surface area contributed by atoms with Crippen LogP contribution in [0.2, 0.25) is 0 Å². The van der Waals surface area contributed by atoms with Crippen molar-refractivity contribution in [2.24, 2.45) is 0 Å². The smallest absolute Gasteiger partial charge is 0.356 e. The maximum atomic E-state index is 10.9. The van der Waals surface area contributed by atoms with E-state index in [1.54, 1.807) is 35.4 Å². The van der Waals surface area contributed by atoms with E-state index in [-0.39, 0.29) is 5.82 Å². The molecule has 0 aliphatic rings. The Hall–Kier alpha value is -3.48. The zero-order valence-corrected chi connectivity index (χ0v) is 18.2. The van der Waals surface area contributed by atoms with Gasteiger partial charge in [0.1, 0.15) is 24.9 Å². The summed E-state index contributed by atoms with van der Waals surface area (Å²) >= 11 is 0. The summed E-state index contributed by atoms with van der Waals surface area (Å²) in [5, 5.41) is 8.04. The number of pyridine rings is 2. The monoisotopic (exact) mass is 474 g/mol. The van der Waals surface area contributed by atoms with Gasteiger partial charge in [0.25, 0.3) is 5.82 Å². The third-order valence-electron chi connectivity index (χ3n) is 4.52. The number of anilines is 1. The van der Waals surface area contributed by atoms with Crippen LogP contribution in [0.1, 0.15) is 17.0 Å². The Bertz CT molecular complexity index is 1240. The highest BCUT2D eigenvalue weighted by Gasteiger charge is 2.20. The third-order valence-corrected chi connectivity index (χ3v) is 4.97. The number of aromatic nitrogens is 6. The summed E-state index contributed by atoms with van der Waals surface area (Å²) in [6.45, 7) is 0.220. The quantitative estimate of drug-likeness (QED) is 0.221. The van der Waals surface area contributed by atoms with E-state index in [1.807, 2.05) is 12.1 Å². The summed E-state index contributed by atoms with van der Waals surface area (Å²) in [6, 6.07) is 8.92. The highest BCUT2D eigenvalue weighted by molar-refractivity contribution is 7.46. The zero-order valence-electron chi connectivity index (χ0n) is 17.3. The first-order chi connectivity index (χ1) is 15.9.